The molecule has 1 fully saturated rings. The van der Waals surface area contributed by atoms with Crippen molar-refractivity contribution in [3.8, 4) is 5.82 Å². The van der Waals surface area contributed by atoms with E-state index in [2.05, 4.69) is 35.7 Å². The van der Waals surface area contributed by atoms with Gasteiger partial charge in [-0.3, -0.25) is 10.1 Å². The van der Waals surface area contributed by atoms with Crippen LogP contribution in [0, 0.1) is 5.92 Å². The Morgan fingerprint density at radius 3 is 2.96 bits per heavy atom. The molecule has 1 atom stereocenters. The summed E-state index contributed by atoms with van der Waals surface area (Å²) in [6.45, 7) is 1.43. The van der Waals surface area contributed by atoms with E-state index in [9.17, 15) is 4.79 Å². The molecule has 5 heterocycles. The lowest BCUT2D eigenvalue weighted by Crippen LogP contribution is -2.41. The van der Waals surface area contributed by atoms with E-state index < -0.39 is 0 Å². The lowest BCUT2D eigenvalue weighted by molar-refractivity contribution is -0.120. The molecule has 0 aliphatic carbocycles. The van der Waals surface area contributed by atoms with E-state index >= 15 is 0 Å². The molecule has 0 bridgehead atoms. The number of carbonyl (C=O) groups excluding carboxylic acids is 1. The van der Waals surface area contributed by atoms with Crippen LogP contribution in [0.5, 0.6) is 0 Å². The van der Waals surface area contributed by atoms with Gasteiger partial charge in [0.05, 0.1) is 17.2 Å². The maximum Gasteiger partial charge on any atom is 0.235 e. The SMILES string of the molecule is O=C(Nc1onc2c1CSC2)C1CCCN(c2ccc(-n3cncn3)nn2)C1. The Labute approximate surface area is 164 Å². The minimum atomic E-state index is -0.139. The summed E-state index contributed by atoms with van der Waals surface area (Å²) in [6.07, 6.45) is 4.77. The van der Waals surface area contributed by atoms with Crippen LogP contribution in [0.3, 0.4) is 0 Å². The minimum absolute atomic E-state index is 0.0345. The Hall–Kier alpha value is -2.95. The van der Waals surface area contributed by atoms with Crippen LogP contribution in [-0.4, -0.2) is 49.1 Å². The van der Waals surface area contributed by atoms with E-state index in [0.717, 1.165) is 48.0 Å². The number of anilines is 2. The number of fused-ring (bicyclic) bond motifs is 1. The van der Waals surface area contributed by atoms with Crippen LogP contribution < -0.4 is 10.2 Å². The van der Waals surface area contributed by atoms with E-state index in [-0.39, 0.29) is 11.8 Å². The zero-order valence-corrected chi connectivity index (χ0v) is 15.8. The topological polar surface area (TPSA) is 115 Å². The van der Waals surface area contributed by atoms with Crippen LogP contribution in [0.15, 0.2) is 29.3 Å². The molecule has 11 heteroatoms. The summed E-state index contributed by atoms with van der Waals surface area (Å²) in [5, 5.41) is 19.5. The molecule has 1 N–H and O–H groups in total. The van der Waals surface area contributed by atoms with Gasteiger partial charge in [0, 0.05) is 24.6 Å². The minimum Gasteiger partial charge on any atom is -0.354 e. The molecule has 10 nitrogen and oxygen atoms in total. The van der Waals surface area contributed by atoms with E-state index in [4.69, 9.17) is 4.52 Å². The molecule has 0 radical (unpaired) electrons. The molecular weight excluding hydrogens is 380 g/mol. The molecule has 144 valence electrons. The quantitative estimate of drug-likeness (QED) is 0.700. The van der Waals surface area contributed by atoms with Crippen LogP contribution in [0.1, 0.15) is 24.1 Å². The van der Waals surface area contributed by atoms with Crippen molar-refractivity contribution in [1.82, 2.24) is 30.1 Å². The largest absolute Gasteiger partial charge is 0.354 e. The number of nitrogens with zero attached hydrogens (tertiary/aromatic N) is 7. The number of nitrogens with one attached hydrogen (secondary N) is 1. The van der Waals surface area contributed by atoms with E-state index in [1.165, 1.54) is 6.33 Å². The fraction of sp³-hybridized carbons (Fsp3) is 0.412. The first kappa shape index (κ1) is 17.2. The zero-order chi connectivity index (χ0) is 18.9. The molecule has 0 aromatic carbocycles. The Balaban J connectivity index is 1.26. The van der Waals surface area contributed by atoms with Gasteiger partial charge in [-0.15, -0.1) is 10.2 Å². The van der Waals surface area contributed by atoms with Crippen molar-refractivity contribution in [1.29, 1.82) is 0 Å². The van der Waals surface area contributed by atoms with E-state index in [0.29, 0.717) is 18.2 Å². The highest BCUT2D eigenvalue weighted by atomic mass is 32.2. The summed E-state index contributed by atoms with van der Waals surface area (Å²) < 4.78 is 6.87. The molecule has 0 spiro atoms. The fourth-order valence-corrected chi connectivity index (χ4v) is 4.53. The molecule has 5 rings (SSSR count). The van der Waals surface area contributed by atoms with Gasteiger partial charge in [0.25, 0.3) is 0 Å². The van der Waals surface area contributed by atoms with Crippen molar-refractivity contribution in [3.63, 3.8) is 0 Å². The number of hydrogen-bond donors (Lipinski definition) is 1. The second-order valence-electron chi connectivity index (χ2n) is 6.79. The summed E-state index contributed by atoms with van der Waals surface area (Å²) in [7, 11) is 0. The smallest absolute Gasteiger partial charge is 0.235 e. The van der Waals surface area contributed by atoms with E-state index in [1.54, 1.807) is 22.8 Å². The molecule has 0 saturated carbocycles. The van der Waals surface area contributed by atoms with E-state index in [1.807, 2.05) is 12.1 Å². The average molecular weight is 398 g/mol. The highest BCUT2D eigenvalue weighted by molar-refractivity contribution is 7.98. The molecule has 1 unspecified atom stereocenters. The summed E-state index contributed by atoms with van der Waals surface area (Å²) in [4.78, 5) is 18.8. The van der Waals surface area contributed by atoms with Crippen molar-refractivity contribution >= 4 is 29.4 Å². The summed E-state index contributed by atoms with van der Waals surface area (Å²) in [5.74, 6) is 3.35. The highest BCUT2D eigenvalue weighted by Crippen LogP contribution is 2.35. The third kappa shape index (κ3) is 3.21. The summed E-state index contributed by atoms with van der Waals surface area (Å²) >= 11 is 1.78. The predicted octanol–water partition coefficient (Wildman–Crippen LogP) is 1.65. The number of amides is 1. The van der Waals surface area contributed by atoms with Gasteiger partial charge in [-0.05, 0) is 25.0 Å². The standard InChI is InChI=1S/C17H18N8O2S/c26-16(20-17-12-7-28-8-13(12)23-27-17)11-2-1-5-24(6-11)14-3-4-15(22-21-14)25-10-18-9-19-25/h3-4,9-11H,1-2,5-8H2,(H,20,26). The number of piperidine rings is 1. The van der Waals surface area contributed by atoms with Crippen molar-refractivity contribution in [2.24, 2.45) is 5.92 Å². The maximum absolute atomic E-state index is 12.8. The van der Waals surface area contributed by atoms with Crippen molar-refractivity contribution in [2.45, 2.75) is 24.3 Å². The van der Waals surface area contributed by atoms with Crippen LogP contribution >= 0.6 is 11.8 Å². The van der Waals surface area contributed by atoms with Gasteiger partial charge in [-0.25, -0.2) is 9.67 Å². The zero-order valence-electron chi connectivity index (χ0n) is 15.0. The third-order valence-corrected chi connectivity index (χ3v) is 5.97. The normalized spacial score (nSPS) is 18.9. The van der Waals surface area contributed by atoms with Gasteiger partial charge in [0.1, 0.15) is 12.7 Å². The summed E-state index contributed by atoms with van der Waals surface area (Å²) in [6, 6.07) is 3.74. The molecule has 3 aromatic rings. The van der Waals surface area contributed by atoms with Crippen LogP contribution in [0.2, 0.25) is 0 Å². The first-order valence-corrected chi connectivity index (χ1v) is 10.2. The molecule has 3 aromatic heterocycles. The molecule has 28 heavy (non-hydrogen) atoms. The number of carbonyl (C=O) groups is 1. The van der Waals surface area contributed by atoms with Gasteiger partial charge in [0.15, 0.2) is 11.6 Å². The Bertz CT molecular complexity index is 972. The maximum atomic E-state index is 12.8. The van der Waals surface area contributed by atoms with Crippen molar-refractivity contribution in [2.75, 3.05) is 23.3 Å². The number of thioether (sulfide) groups is 1. The van der Waals surface area contributed by atoms with Gasteiger partial charge >= 0.3 is 0 Å². The number of rotatable bonds is 4. The van der Waals surface area contributed by atoms with Crippen LogP contribution in [-0.2, 0) is 16.3 Å². The monoisotopic (exact) mass is 398 g/mol. The average Bonchev–Trinajstić information content (AvgIpc) is 3.48. The lowest BCUT2D eigenvalue weighted by atomic mass is 9.97. The van der Waals surface area contributed by atoms with Crippen LogP contribution in [0.25, 0.3) is 5.82 Å². The van der Waals surface area contributed by atoms with Crippen molar-refractivity contribution in [3.05, 3.63) is 36.0 Å². The van der Waals surface area contributed by atoms with Crippen LogP contribution in [0.4, 0.5) is 11.7 Å². The number of aromatic nitrogens is 6. The van der Waals surface area contributed by atoms with Gasteiger partial charge in [0.2, 0.25) is 11.8 Å². The molecular formula is C17H18N8O2S. The first-order valence-electron chi connectivity index (χ1n) is 9.07. The molecule has 2 aliphatic heterocycles. The lowest BCUT2D eigenvalue weighted by Gasteiger charge is -2.32. The van der Waals surface area contributed by atoms with Gasteiger partial charge < -0.3 is 9.42 Å². The second kappa shape index (κ2) is 7.23. The molecule has 1 saturated heterocycles. The number of hydrogen-bond acceptors (Lipinski definition) is 9. The third-order valence-electron chi connectivity index (χ3n) is 5.00. The Morgan fingerprint density at radius 1 is 1.25 bits per heavy atom. The molecule has 2 aliphatic rings. The Kier molecular flexibility index (Phi) is 4.43. The Morgan fingerprint density at radius 2 is 2.14 bits per heavy atom. The molecule has 1 amide bonds. The van der Waals surface area contributed by atoms with Gasteiger partial charge in [-0.2, -0.15) is 16.9 Å². The van der Waals surface area contributed by atoms with Crippen molar-refractivity contribution < 1.29 is 9.32 Å². The fourth-order valence-electron chi connectivity index (χ4n) is 3.50. The highest BCUT2D eigenvalue weighted by Gasteiger charge is 2.29. The second-order valence-corrected chi connectivity index (χ2v) is 7.78. The first-order chi connectivity index (χ1) is 13.8. The predicted molar refractivity (Wildman–Crippen MR) is 102 cm³/mol. The van der Waals surface area contributed by atoms with Gasteiger partial charge in [-0.1, -0.05) is 5.16 Å². The summed E-state index contributed by atoms with van der Waals surface area (Å²) in [5.41, 5.74) is 1.95.